The molecule has 1 amide bonds. The number of aromatic nitrogens is 2. The number of benzene rings is 1. The van der Waals surface area contributed by atoms with Gasteiger partial charge in [-0.2, -0.15) is 0 Å². The zero-order chi connectivity index (χ0) is 16.9. The first-order chi connectivity index (χ1) is 11.0. The van der Waals surface area contributed by atoms with Crippen molar-refractivity contribution in [3.8, 4) is 5.75 Å². The molecule has 0 fully saturated rings. The van der Waals surface area contributed by atoms with Crippen LogP contribution in [0.3, 0.4) is 0 Å². The lowest BCUT2D eigenvalue weighted by Crippen LogP contribution is -2.11. The van der Waals surface area contributed by atoms with Gasteiger partial charge in [-0.1, -0.05) is 31.3 Å². The molecule has 0 saturated carbocycles. The number of nitrogens with one attached hydrogen (secondary N) is 1. The summed E-state index contributed by atoms with van der Waals surface area (Å²) in [6, 6.07) is 6.74. The van der Waals surface area contributed by atoms with Gasteiger partial charge in [-0.05, 0) is 24.6 Å². The van der Waals surface area contributed by atoms with Crippen LogP contribution in [-0.2, 0) is 9.84 Å². The van der Waals surface area contributed by atoms with Gasteiger partial charge in [0.2, 0.25) is 19.3 Å². The van der Waals surface area contributed by atoms with E-state index in [-0.39, 0.29) is 15.2 Å². The molecule has 2 aromatic rings. The normalized spacial score (nSPS) is 11.2. The SMILES string of the molecule is CCCOc1cccc(C(=O)Nc2nnc(S(=O)(=O)CC)s2)c1. The molecule has 0 spiro atoms. The largest absolute Gasteiger partial charge is 0.494 e. The summed E-state index contributed by atoms with van der Waals surface area (Å²) in [4.78, 5) is 12.2. The Balaban J connectivity index is 2.10. The van der Waals surface area contributed by atoms with E-state index in [1.54, 1.807) is 24.3 Å². The molecule has 0 aliphatic rings. The standard InChI is InChI=1S/C14H17N3O4S2/c1-3-8-21-11-7-5-6-10(9-11)12(18)15-13-16-17-14(22-13)23(19,20)4-2/h5-7,9H,3-4,8H2,1-2H3,(H,15,16,18). The summed E-state index contributed by atoms with van der Waals surface area (Å²) in [7, 11) is -3.42. The minimum absolute atomic E-state index is 0.0631. The highest BCUT2D eigenvalue weighted by molar-refractivity contribution is 7.93. The summed E-state index contributed by atoms with van der Waals surface area (Å²) in [6.07, 6.45) is 0.871. The highest BCUT2D eigenvalue weighted by Gasteiger charge is 2.19. The number of carbonyl (C=O) groups is 1. The summed E-state index contributed by atoms with van der Waals surface area (Å²) in [5, 5.41) is 9.98. The van der Waals surface area contributed by atoms with Gasteiger partial charge in [0.15, 0.2) is 0 Å². The third kappa shape index (κ3) is 4.49. The molecule has 0 saturated heterocycles. The third-order valence-electron chi connectivity index (χ3n) is 2.84. The van der Waals surface area contributed by atoms with E-state index in [2.05, 4.69) is 15.5 Å². The number of anilines is 1. The van der Waals surface area contributed by atoms with Gasteiger partial charge in [0.25, 0.3) is 5.91 Å². The number of sulfone groups is 1. The fraction of sp³-hybridized carbons (Fsp3) is 0.357. The number of hydrogen-bond donors (Lipinski definition) is 1. The van der Waals surface area contributed by atoms with Crippen LogP contribution in [0.2, 0.25) is 0 Å². The molecule has 2 rings (SSSR count). The summed E-state index contributed by atoms with van der Waals surface area (Å²) in [5.41, 5.74) is 0.397. The average Bonchev–Trinajstić information content (AvgIpc) is 3.02. The average molecular weight is 355 g/mol. The van der Waals surface area contributed by atoms with Crippen molar-refractivity contribution in [1.29, 1.82) is 0 Å². The zero-order valence-electron chi connectivity index (χ0n) is 12.8. The number of carbonyl (C=O) groups excluding carboxylic acids is 1. The van der Waals surface area contributed by atoms with Crippen molar-refractivity contribution in [3.63, 3.8) is 0 Å². The molecular weight excluding hydrogens is 338 g/mol. The van der Waals surface area contributed by atoms with Gasteiger partial charge in [0.1, 0.15) is 5.75 Å². The molecule has 1 aromatic heterocycles. The molecule has 0 bridgehead atoms. The molecule has 124 valence electrons. The Hall–Kier alpha value is -2.00. The highest BCUT2D eigenvalue weighted by atomic mass is 32.2. The smallest absolute Gasteiger partial charge is 0.257 e. The van der Waals surface area contributed by atoms with E-state index >= 15 is 0 Å². The molecular formula is C14H17N3O4S2. The van der Waals surface area contributed by atoms with E-state index < -0.39 is 15.7 Å². The minimum Gasteiger partial charge on any atom is -0.494 e. The third-order valence-corrected chi connectivity index (χ3v) is 5.86. The second-order valence-electron chi connectivity index (χ2n) is 4.61. The van der Waals surface area contributed by atoms with Gasteiger partial charge in [-0.3, -0.25) is 10.1 Å². The van der Waals surface area contributed by atoms with E-state index in [1.807, 2.05) is 6.92 Å². The van der Waals surface area contributed by atoms with E-state index in [0.717, 1.165) is 17.8 Å². The number of amides is 1. The summed E-state index contributed by atoms with van der Waals surface area (Å²) < 4.78 is 28.8. The predicted octanol–water partition coefficient (Wildman–Crippen LogP) is 2.37. The lowest BCUT2D eigenvalue weighted by atomic mass is 10.2. The molecule has 0 radical (unpaired) electrons. The summed E-state index contributed by atoms with van der Waals surface area (Å²) in [5.74, 6) is 0.140. The van der Waals surface area contributed by atoms with E-state index in [4.69, 9.17) is 4.74 Å². The van der Waals surface area contributed by atoms with Crippen LogP contribution in [0.5, 0.6) is 5.75 Å². The summed E-state index contributed by atoms with van der Waals surface area (Å²) >= 11 is 0.832. The summed E-state index contributed by atoms with van der Waals surface area (Å²) in [6.45, 7) is 4.09. The second-order valence-corrected chi connectivity index (χ2v) is 8.04. The van der Waals surface area contributed by atoms with Gasteiger partial charge >= 0.3 is 0 Å². The van der Waals surface area contributed by atoms with E-state index in [1.165, 1.54) is 6.92 Å². The number of rotatable bonds is 7. The molecule has 1 N–H and O–H groups in total. The molecule has 1 aromatic carbocycles. The highest BCUT2D eigenvalue weighted by Crippen LogP contribution is 2.22. The first-order valence-corrected chi connectivity index (χ1v) is 9.53. The zero-order valence-corrected chi connectivity index (χ0v) is 14.4. The maximum absolute atomic E-state index is 12.2. The van der Waals surface area contributed by atoms with Crippen LogP contribution in [-0.4, -0.2) is 36.9 Å². The molecule has 1 heterocycles. The monoisotopic (exact) mass is 355 g/mol. The van der Waals surface area contributed by atoms with Gasteiger partial charge in [0.05, 0.1) is 12.4 Å². The van der Waals surface area contributed by atoms with Crippen LogP contribution in [0.1, 0.15) is 30.6 Å². The van der Waals surface area contributed by atoms with Gasteiger partial charge in [-0.25, -0.2) is 8.42 Å². The number of nitrogens with zero attached hydrogens (tertiary/aromatic N) is 2. The lowest BCUT2D eigenvalue weighted by Gasteiger charge is -2.06. The molecule has 23 heavy (non-hydrogen) atoms. The molecule has 7 nitrogen and oxygen atoms in total. The van der Waals surface area contributed by atoms with Crippen molar-refractivity contribution < 1.29 is 17.9 Å². The van der Waals surface area contributed by atoms with Crippen LogP contribution in [0, 0.1) is 0 Å². The van der Waals surface area contributed by atoms with Crippen molar-refractivity contribution in [3.05, 3.63) is 29.8 Å². The Morgan fingerprint density at radius 1 is 1.30 bits per heavy atom. The van der Waals surface area contributed by atoms with Crippen LogP contribution in [0.25, 0.3) is 0 Å². The van der Waals surface area contributed by atoms with Crippen molar-refractivity contribution in [2.24, 2.45) is 0 Å². The van der Waals surface area contributed by atoms with Crippen molar-refractivity contribution in [1.82, 2.24) is 10.2 Å². The van der Waals surface area contributed by atoms with E-state index in [9.17, 15) is 13.2 Å². The van der Waals surface area contributed by atoms with Crippen LogP contribution < -0.4 is 10.1 Å². The number of ether oxygens (including phenoxy) is 1. The fourth-order valence-corrected chi connectivity index (χ4v) is 3.61. The van der Waals surface area contributed by atoms with Crippen LogP contribution >= 0.6 is 11.3 Å². The predicted molar refractivity (Wildman–Crippen MR) is 87.8 cm³/mol. The molecule has 9 heteroatoms. The Morgan fingerprint density at radius 2 is 2.09 bits per heavy atom. The maximum Gasteiger partial charge on any atom is 0.257 e. The second kappa shape index (κ2) is 7.51. The molecule has 0 aliphatic carbocycles. The topological polar surface area (TPSA) is 98.2 Å². The van der Waals surface area contributed by atoms with E-state index in [0.29, 0.717) is 17.9 Å². The Kier molecular flexibility index (Phi) is 5.67. The van der Waals surface area contributed by atoms with Gasteiger partial charge < -0.3 is 4.74 Å². The van der Waals surface area contributed by atoms with Gasteiger partial charge in [0, 0.05) is 5.56 Å². The minimum atomic E-state index is -3.42. The Morgan fingerprint density at radius 3 is 2.78 bits per heavy atom. The lowest BCUT2D eigenvalue weighted by molar-refractivity contribution is 0.102. The number of hydrogen-bond acceptors (Lipinski definition) is 7. The Bertz CT molecular complexity index is 787. The van der Waals surface area contributed by atoms with Crippen molar-refractivity contribution >= 4 is 32.2 Å². The Labute approximate surface area is 138 Å². The van der Waals surface area contributed by atoms with Crippen LogP contribution in [0.15, 0.2) is 28.6 Å². The first kappa shape index (κ1) is 17.4. The molecule has 0 aliphatic heterocycles. The fourth-order valence-electron chi connectivity index (χ4n) is 1.63. The molecule has 0 unspecified atom stereocenters. The first-order valence-electron chi connectivity index (χ1n) is 7.06. The quantitative estimate of drug-likeness (QED) is 0.766. The van der Waals surface area contributed by atoms with Crippen LogP contribution in [0.4, 0.5) is 5.13 Å². The molecule has 0 atom stereocenters. The van der Waals surface area contributed by atoms with Crippen molar-refractivity contribution in [2.45, 2.75) is 24.6 Å². The maximum atomic E-state index is 12.2. The van der Waals surface area contributed by atoms with Gasteiger partial charge in [-0.15, -0.1) is 10.2 Å². The van der Waals surface area contributed by atoms with Crippen molar-refractivity contribution in [2.75, 3.05) is 17.7 Å².